The normalized spacial score (nSPS) is 28.6. The molecular weight excluding hydrogens is 1270 g/mol. The zero-order valence-electron chi connectivity index (χ0n) is 64.2. The Morgan fingerprint density at radius 2 is 0.901 bits per heavy atom. The van der Waals surface area contributed by atoms with Crippen molar-refractivity contribution >= 4 is 93.9 Å². The van der Waals surface area contributed by atoms with Gasteiger partial charge in [0.1, 0.15) is 0 Å². The summed E-state index contributed by atoms with van der Waals surface area (Å²) in [4.78, 5) is 16.3. The zero-order valence-corrected chi connectivity index (χ0v) is 70.4. The van der Waals surface area contributed by atoms with Crippen LogP contribution in [0.4, 0.5) is 0 Å². The number of likely N-dealkylation sites (tertiary alicyclic amines) is 6. The standard InChI is InChI=1S/6C10H22NOP.C8H20NO2P.CH4/c1-9-6-11(2)7-10(9)8-12-13(3,4)5;1-9-6-10(11(2)7-9)8-12-13(3,4)5;1-9-6-7-11(2)10(9)8-12-13(3,4)5;1-6-9-7-11(2)8-10(9)12-13(3,4)5;1-6-9-7-10(8-11(9)2)12-13(3,4)5;1-6-9-10(7-8-11(9)2)12-13(3,4)5;1-9(2)8(6-10)7-11-12(3,4)5;/h6*9-10H,3,6-8H2,1-2,4-5H3;8,10H,3,6-7H2,1-2,4-5H3;1H4. The first-order valence-corrected chi connectivity index (χ1v) is 53.2. The van der Waals surface area contributed by atoms with Crippen LogP contribution in [0, 0.1) is 29.6 Å². The third-order valence-corrected chi connectivity index (χ3v) is 23.0. The van der Waals surface area contributed by atoms with E-state index in [0.29, 0.717) is 54.9 Å². The van der Waals surface area contributed by atoms with Crippen molar-refractivity contribution in [3.8, 4) is 0 Å². The highest BCUT2D eigenvalue weighted by Crippen LogP contribution is 2.45. The topological polar surface area (TPSA) is 108 Å². The Bertz CT molecular complexity index is 2230. The minimum absolute atomic E-state index is 0. The summed E-state index contributed by atoms with van der Waals surface area (Å²) in [5, 5.41) is 8.96. The van der Waals surface area contributed by atoms with Crippen LogP contribution in [-0.2, 0) is 31.7 Å². The maximum atomic E-state index is 8.96. The summed E-state index contributed by atoms with van der Waals surface area (Å²) in [6.45, 7) is 55.9. The lowest BCUT2D eigenvalue weighted by Crippen LogP contribution is -2.35. The molecule has 0 radical (unpaired) electrons. The van der Waals surface area contributed by atoms with E-state index >= 15 is 0 Å². The fourth-order valence-electron chi connectivity index (χ4n) is 12.0. The lowest BCUT2D eigenvalue weighted by atomic mass is 10.00. The molecule has 22 heteroatoms. The molecule has 6 fully saturated rings. The van der Waals surface area contributed by atoms with Crippen LogP contribution in [0.1, 0.15) is 93.9 Å². The molecule has 0 bridgehead atoms. The Kier molecular flexibility index (Phi) is 45.7. The Balaban J connectivity index is 0. The molecule has 0 amide bonds. The van der Waals surface area contributed by atoms with E-state index in [2.05, 4.69) is 237 Å². The van der Waals surface area contributed by atoms with E-state index in [1.165, 1.54) is 84.2 Å². The van der Waals surface area contributed by atoms with E-state index in [4.69, 9.17) is 36.8 Å². The van der Waals surface area contributed by atoms with Crippen molar-refractivity contribution in [1.82, 2.24) is 34.3 Å². The fraction of sp³-hybridized carbons (Fsp3) is 0.899. The monoisotopic (exact) mass is 1430 g/mol. The predicted molar refractivity (Wildman–Crippen MR) is 435 cm³/mol. The number of likely N-dealkylation sites (N-methyl/N-ethyl adjacent to an activating group) is 6. The minimum atomic E-state index is -1.41. The van der Waals surface area contributed by atoms with E-state index in [1.807, 2.05) is 32.3 Å². The number of nitrogens with zero attached hydrogens (tertiary/aromatic N) is 7. The van der Waals surface area contributed by atoms with Gasteiger partial charge in [-0.25, -0.2) is 0 Å². The Morgan fingerprint density at radius 3 is 1.29 bits per heavy atom. The van der Waals surface area contributed by atoms with Gasteiger partial charge in [0, 0.05) is 70.0 Å². The van der Waals surface area contributed by atoms with Crippen molar-refractivity contribution in [3.63, 3.8) is 0 Å². The van der Waals surface area contributed by atoms with Crippen LogP contribution in [0.3, 0.4) is 0 Å². The van der Waals surface area contributed by atoms with Crippen molar-refractivity contribution in [2.75, 3.05) is 235 Å². The van der Waals surface area contributed by atoms with E-state index in [1.54, 1.807) is 0 Å². The van der Waals surface area contributed by atoms with Gasteiger partial charge in [0.05, 0.1) is 57.4 Å². The minimum Gasteiger partial charge on any atom is -0.395 e. The molecule has 13 unspecified atom stereocenters. The average Bonchev–Trinajstić information content (AvgIpc) is 1.88. The molecular formula is C69H156N7O8P7. The molecule has 6 saturated heterocycles. The molecule has 13 atom stereocenters. The largest absolute Gasteiger partial charge is 0.395 e. The van der Waals surface area contributed by atoms with Gasteiger partial charge in [-0.2, -0.15) is 0 Å². The van der Waals surface area contributed by atoms with Crippen molar-refractivity contribution in [2.24, 2.45) is 29.6 Å². The highest BCUT2D eigenvalue weighted by molar-refractivity contribution is 7.69. The molecule has 0 aromatic heterocycles. The maximum Gasteiger partial charge on any atom is 0.0782 e. The van der Waals surface area contributed by atoms with Gasteiger partial charge in [0.25, 0.3) is 0 Å². The average molecular weight is 1430 g/mol. The highest BCUT2D eigenvalue weighted by atomic mass is 31.2. The van der Waals surface area contributed by atoms with Crippen molar-refractivity contribution in [2.45, 2.75) is 142 Å². The molecule has 6 heterocycles. The van der Waals surface area contributed by atoms with Crippen LogP contribution in [0.15, 0.2) is 0 Å². The van der Waals surface area contributed by atoms with E-state index < -0.39 is 49.8 Å². The summed E-state index contributed by atoms with van der Waals surface area (Å²) in [6.07, 6.45) is 38.2. The Morgan fingerprint density at radius 1 is 0.451 bits per heavy atom. The van der Waals surface area contributed by atoms with E-state index in [-0.39, 0.29) is 20.1 Å². The highest BCUT2D eigenvalue weighted by Gasteiger charge is 2.35. The quantitative estimate of drug-likeness (QED) is 0.0980. The smallest absolute Gasteiger partial charge is 0.0782 e. The molecule has 15 nitrogen and oxygen atoms in total. The van der Waals surface area contributed by atoms with Crippen molar-refractivity contribution < 1.29 is 36.8 Å². The molecule has 6 aliphatic heterocycles. The first-order valence-electron chi connectivity index (χ1n) is 33.7. The fourth-order valence-corrected chi connectivity index (χ4v) is 17.2. The second kappa shape index (κ2) is 44.0. The van der Waals surface area contributed by atoms with Crippen LogP contribution < -0.4 is 0 Å². The molecule has 0 spiro atoms. The second-order valence-corrected chi connectivity index (χ2v) is 55.3. The van der Waals surface area contributed by atoms with E-state index in [9.17, 15) is 0 Å². The van der Waals surface area contributed by atoms with Crippen molar-refractivity contribution in [1.29, 1.82) is 0 Å². The third-order valence-electron chi connectivity index (χ3n) is 17.1. The van der Waals surface area contributed by atoms with Crippen LogP contribution >= 0.6 is 49.8 Å². The molecule has 550 valence electrons. The van der Waals surface area contributed by atoms with Crippen LogP contribution in [0.2, 0.25) is 0 Å². The summed E-state index contributed by atoms with van der Waals surface area (Å²) in [5.74, 6) is 3.80. The van der Waals surface area contributed by atoms with Crippen LogP contribution in [-0.4, -0.2) is 367 Å². The molecule has 1 N–H and O–H groups in total. The number of hydrogen-bond donors (Lipinski definition) is 1. The number of aliphatic hydroxyl groups excluding tert-OH is 1. The second-order valence-electron chi connectivity index (χ2n) is 31.6. The summed E-state index contributed by atoms with van der Waals surface area (Å²) in [6, 6.07) is 2.65. The summed E-state index contributed by atoms with van der Waals surface area (Å²) in [5.41, 5.74) is 0. The lowest BCUT2D eigenvalue weighted by molar-refractivity contribution is 0.124. The summed E-state index contributed by atoms with van der Waals surface area (Å²) >= 11 is 0. The third kappa shape index (κ3) is 45.8. The molecule has 0 aromatic rings. The van der Waals surface area contributed by atoms with Crippen LogP contribution in [0.5, 0.6) is 0 Å². The Hall–Kier alpha value is 1.50. The van der Waals surface area contributed by atoms with Gasteiger partial charge in [0.2, 0.25) is 0 Å². The van der Waals surface area contributed by atoms with Crippen LogP contribution in [0.25, 0.3) is 0 Å². The molecule has 0 saturated carbocycles. The molecule has 0 aromatic carbocycles. The number of hydrogen-bond acceptors (Lipinski definition) is 15. The predicted octanol–water partition coefficient (Wildman–Crippen LogP) is 13.1. The van der Waals surface area contributed by atoms with Gasteiger partial charge in [-0.05, 0) is 281 Å². The number of aliphatic hydroxyl groups is 1. The van der Waals surface area contributed by atoms with E-state index in [0.717, 1.165) is 56.7 Å². The van der Waals surface area contributed by atoms with Gasteiger partial charge in [-0.15, -0.1) is 0 Å². The SMILES string of the molecule is C.C=P(C)(C)OC1CC(CC)N(C)C1.C=P(C)(C)OC1CCN(C)C1CC.C=P(C)(C)OC1CN(C)CC1CC.C=P(C)(C)OCC(CO)N(C)C.C=P(C)(C)OCC1C(C)CCN1C.C=P(C)(C)OCC1CC(C)CN1C.C=P(C)(C)OCC1CN(C)CC1C. The summed E-state index contributed by atoms with van der Waals surface area (Å²) < 4.78 is 41.0. The van der Waals surface area contributed by atoms with Crippen molar-refractivity contribution in [3.05, 3.63) is 0 Å². The molecule has 6 rings (SSSR count). The zero-order chi connectivity index (χ0) is 70.1. The first-order chi connectivity index (χ1) is 40.8. The lowest BCUT2D eigenvalue weighted by Gasteiger charge is -2.27. The Labute approximate surface area is 568 Å². The molecule has 91 heavy (non-hydrogen) atoms. The molecule has 0 aliphatic carbocycles. The van der Waals surface area contributed by atoms with Gasteiger partial charge < -0.3 is 71.1 Å². The molecule has 6 aliphatic rings. The van der Waals surface area contributed by atoms with Gasteiger partial charge in [-0.1, -0.05) is 93.1 Å². The first kappa shape index (κ1) is 94.6. The van der Waals surface area contributed by atoms with Gasteiger partial charge in [-0.3, -0.25) is 0 Å². The van der Waals surface area contributed by atoms with Gasteiger partial charge >= 0.3 is 0 Å². The maximum absolute atomic E-state index is 8.96. The number of rotatable bonds is 23. The summed E-state index contributed by atoms with van der Waals surface area (Å²) in [7, 11) is 7.73. The van der Waals surface area contributed by atoms with Gasteiger partial charge in [0.15, 0.2) is 0 Å².